The molecule has 0 aromatic carbocycles. The van der Waals surface area contributed by atoms with Crippen LogP contribution in [0.2, 0.25) is 0 Å². The van der Waals surface area contributed by atoms with Crippen LogP contribution in [0.25, 0.3) is 0 Å². The van der Waals surface area contributed by atoms with Crippen molar-refractivity contribution in [3.63, 3.8) is 0 Å². The van der Waals surface area contributed by atoms with E-state index in [-0.39, 0.29) is 0 Å². The predicted octanol–water partition coefficient (Wildman–Crippen LogP) is 3.09. The number of halogens is 1. The molecule has 0 aromatic rings. The van der Waals surface area contributed by atoms with Crippen molar-refractivity contribution in [1.82, 2.24) is 0 Å². The van der Waals surface area contributed by atoms with Crippen LogP contribution < -0.4 is 0 Å². The van der Waals surface area contributed by atoms with Gasteiger partial charge in [0.1, 0.15) is 6.17 Å². The fourth-order valence-electron chi connectivity index (χ4n) is 0.707. The number of hydrogen-bond acceptors (Lipinski definition) is 0. The zero-order valence-electron chi connectivity index (χ0n) is 6.07. The van der Waals surface area contributed by atoms with Gasteiger partial charge in [0.05, 0.1) is 0 Å². The van der Waals surface area contributed by atoms with E-state index >= 15 is 0 Å². The van der Waals surface area contributed by atoms with Gasteiger partial charge in [0.2, 0.25) is 0 Å². The second kappa shape index (κ2) is 5.80. The van der Waals surface area contributed by atoms with Gasteiger partial charge in [-0.2, -0.15) is 0 Å². The Morgan fingerprint density at radius 1 is 1.56 bits per heavy atom. The van der Waals surface area contributed by atoms with Gasteiger partial charge in [-0.1, -0.05) is 32.3 Å². The largest absolute Gasteiger partial charge is 0.243 e. The molecule has 54 valence electrons. The number of hydrogen-bond donors (Lipinski definition) is 0. The lowest BCUT2D eigenvalue weighted by molar-refractivity contribution is 0.367. The summed E-state index contributed by atoms with van der Waals surface area (Å²) in [5.74, 6) is 0. The van der Waals surface area contributed by atoms with E-state index in [0.29, 0.717) is 6.42 Å². The molecular formula is C8H15F. The van der Waals surface area contributed by atoms with Crippen LogP contribution in [0, 0.1) is 0 Å². The van der Waals surface area contributed by atoms with Gasteiger partial charge in [0.25, 0.3) is 0 Å². The maximum absolute atomic E-state index is 12.3. The van der Waals surface area contributed by atoms with E-state index in [9.17, 15) is 4.39 Å². The first-order chi connectivity index (χ1) is 4.31. The maximum atomic E-state index is 12.3. The Labute approximate surface area is 56.8 Å². The highest BCUT2D eigenvalue weighted by atomic mass is 19.1. The lowest BCUT2D eigenvalue weighted by Gasteiger charge is -1.99. The molecule has 0 heterocycles. The minimum Gasteiger partial charge on any atom is -0.243 e. The molecule has 0 radical (unpaired) electrons. The van der Waals surface area contributed by atoms with Gasteiger partial charge in [-0.15, -0.1) is 6.58 Å². The molecule has 0 bridgehead atoms. The first-order valence-corrected chi connectivity index (χ1v) is 3.58. The van der Waals surface area contributed by atoms with Gasteiger partial charge in [-0.25, -0.2) is 4.39 Å². The average molecular weight is 130 g/mol. The highest BCUT2D eigenvalue weighted by Gasteiger charge is 1.97. The van der Waals surface area contributed by atoms with Crippen LogP contribution in [0.3, 0.4) is 0 Å². The zero-order valence-corrected chi connectivity index (χ0v) is 6.07. The fraction of sp³-hybridized carbons (Fsp3) is 0.750. The van der Waals surface area contributed by atoms with Crippen LogP contribution in [0.4, 0.5) is 4.39 Å². The highest BCUT2D eigenvalue weighted by molar-refractivity contribution is 4.77. The Morgan fingerprint density at radius 2 is 2.22 bits per heavy atom. The summed E-state index contributed by atoms with van der Waals surface area (Å²) in [7, 11) is 0. The van der Waals surface area contributed by atoms with E-state index in [1.807, 2.05) is 0 Å². The second-order valence-corrected chi connectivity index (χ2v) is 2.25. The molecule has 1 atom stereocenters. The van der Waals surface area contributed by atoms with Crippen molar-refractivity contribution in [3.8, 4) is 0 Å². The van der Waals surface area contributed by atoms with Gasteiger partial charge in [0.15, 0.2) is 0 Å². The van der Waals surface area contributed by atoms with Crippen molar-refractivity contribution >= 4 is 0 Å². The predicted molar refractivity (Wildman–Crippen MR) is 39.2 cm³/mol. The van der Waals surface area contributed by atoms with Crippen molar-refractivity contribution in [1.29, 1.82) is 0 Å². The van der Waals surface area contributed by atoms with Crippen LogP contribution in [-0.4, -0.2) is 6.17 Å². The van der Waals surface area contributed by atoms with Gasteiger partial charge >= 0.3 is 0 Å². The molecule has 0 fully saturated rings. The molecule has 0 aliphatic rings. The molecule has 0 nitrogen and oxygen atoms in total. The van der Waals surface area contributed by atoms with Crippen LogP contribution in [0.1, 0.15) is 32.6 Å². The summed E-state index contributed by atoms with van der Waals surface area (Å²) < 4.78 is 12.3. The minimum absolute atomic E-state index is 0.650. The zero-order chi connectivity index (χ0) is 7.11. The van der Waals surface area contributed by atoms with Gasteiger partial charge in [-0.3, -0.25) is 0 Å². The Morgan fingerprint density at radius 3 is 2.67 bits per heavy atom. The van der Waals surface area contributed by atoms with Crippen LogP contribution in [-0.2, 0) is 0 Å². The standard InChI is InChI=1S/C8H15F/c1-3-5-6-7-8(9)4-2/h4,8H,2-3,5-7H2,1H3. The smallest absolute Gasteiger partial charge is 0.118 e. The van der Waals surface area contributed by atoms with Crippen molar-refractivity contribution < 1.29 is 4.39 Å². The van der Waals surface area contributed by atoms with Crippen molar-refractivity contribution in [3.05, 3.63) is 12.7 Å². The van der Waals surface area contributed by atoms with Crippen LogP contribution >= 0.6 is 0 Å². The third-order valence-electron chi connectivity index (χ3n) is 1.34. The SMILES string of the molecule is C=CC(F)CCCCC. The Balaban J connectivity index is 2.96. The summed E-state index contributed by atoms with van der Waals surface area (Å²) in [6.07, 6.45) is 4.52. The molecule has 1 unspecified atom stereocenters. The molecule has 9 heavy (non-hydrogen) atoms. The summed E-state index contributed by atoms with van der Waals surface area (Å²) in [6, 6.07) is 0. The van der Waals surface area contributed by atoms with E-state index in [1.54, 1.807) is 0 Å². The van der Waals surface area contributed by atoms with Crippen LogP contribution in [0.5, 0.6) is 0 Å². The number of alkyl halides is 1. The van der Waals surface area contributed by atoms with E-state index in [4.69, 9.17) is 0 Å². The first-order valence-electron chi connectivity index (χ1n) is 3.58. The Bertz CT molecular complexity index is 69.0. The Hall–Kier alpha value is -0.330. The summed E-state index contributed by atoms with van der Waals surface area (Å²) in [6.45, 7) is 5.48. The lowest BCUT2D eigenvalue weighted by Crippen LogP contribution is -1.92. The molecule has 0 N–H and O–H groups in total. The molecule has 0 saturated heterocycles. The second-order valence-electron chi connectivity index (χ2n) is 2.25. The van der Waals surface area contributed by atoms with Gasteiger partial charge < -0.3 is 0 Å². The van der Waals surface area contributed by atoms with E-state index in [0.717, 1.165) is 19.3 Å². The van der Waals surface area contributed by atoms with Crippen molar-refractivity contribution in [2.45, 2.75) is 38.8 Å². The topological polar surface area (TPSA) is 0 Å². The lowest BCUT2D eigenvalue weighted by atomic mass is 10.1. The average Bonchev–Trinajstić information content (AvgIpc) is 1.89. The maximum Gasteiger partial charge on any atom is 0.118 e. The minimum atomic E-state index is -0.781. The number of rotatable bonds is 5. The van der Waals surface area contributed by atoms with Gasteiger partial charge in [0, 0.05) is 0 Å². The highest BCUT2D eigenvalue weighted by Crippen LogP contribution is 2.06. The third kappa shape index (κ3) is 5.54. The van der Waals surface area contributed by atoms with Crippen molar-refractivity contribution in [2.75, 3.05) is 0 Å². The monoisotopic (exact) mass is 130 g/mol. The molecule has 1 heteroatoms. The van der Waals surface area contributed by atoms with E-state index in [1.165, 1.54) is 6.08 Å². The van der Waals surface area contributed by atoms with Gasteiger partial charge in [-0.05, 0) is 6.42 Å². The van der Waals surface area contributed by atoms with Crippen molar-refractivity contribution in [2.24, 2.45) is 0 Å². The third-order valence-corrected chi connectivity index (χ3v) is 1.34. The molecular weight excluding hydrogens is 115 g/mol. The molecule has 0 aromatic heterocycles. The summed E-state index contributed by atoms with van der Waals surface area (Å²) in [5.41, 5.74) is 0. The number of allylic oxidation sites excluding steroid dienone is 1. The van der Waals surface area contributed by atoms with Crippen LogP contribution in [0.15, 0.2) is 12.7 Å². The molecule has 0 aliphatic carbocycles. The summed E-state index contributed by atoms with van der Waals surface area (Å²) in [5, 5.41) is 0. The normalized spacial score (nSPS) is 13.1. The van der Waals surface area contributed by atoms with E-state index in [2.05, 4.69) is 13.5 Å². The molecule has 0 rings (SSSR count). The summed E-state index contributed by atoms with van der Waals surface area (Å²) in [4.78, 5) is 0. The molecule has 0 saturated carbocycles. The Kier molecular flexibility index (Phi) is 5.59. The fourth-order valence-corrected chi connectivity index (χ4v) is 0.707. The number of unbranched alkanes of at least 4 members (excludes halogenated alkanes) is 2. The quantitative estimate of drug-likeness (QED) is 0.396. The summed E-state index contributed by atoms with van der Waals surface area (Å²) >= 11 is 0. The van der Waals surface area contributed by atoms with E-state index < -0.39 is 6.17 Å². The molecule has 0 amide bonds. The molecule has 0 spiro atoms. The molecule has 0 aliphatic heterocycles. The first kappa shape index (κ1) is 8.67.